The van der Waals surface area contributed by atoms with E-state index in [0.29, 0.717) is 0 Å². The van der Waals surface area contributed by atoms with Crippen molar-refractivity contribution in [3.63, 3.8) is 0 Å². The van der Waals surface area contributed by atoms with Crippen LogP contribution in [0.5, 0.6) is 0 Å². The van der Waals surface area contributed by atoms with Gasteiger partial charge in [0.05, 0.1) is 11.3 Å². The monoisotopic (exact) mass is 346 g/mol. The molecule has 1 aromatic carbocycles. The molecule has 0 heterocycles. The number of likely N-dealkylation sites (N-methyl/N-ethyl adjacent to an activating group) is 1. The molecule has 9 heteroatoms. The largest absolute Gasteiger partial charge is 0.393 e. The molecule has 4 nitrogen and oxygen atoms in total. The topological polar surface area (TPSA) is 63.4 Å². The van der Waals surface area contributed by atoms with Crippen molar-refractivity contribution in [1.82, 2.24) is 4.31 Å². The van der Waals surface area contributed by atoms with E-state index in [9.17, 15) is 21.6 Å². The second-order valence-electron chi connectivity index (χ2n) is 4.54. The molecule has 0 saturated heterocycles. The van der Waals surface area contributed by atoms with Gasteiger partial charge in [0, 0.05) is 19.6 Å². The Labute approximate surface area is 128 Å². The highest BCUT2D eigenvalue weighted by atomic mass is 35.5. The Bertz CT molecular complexity index is 547. The van der Waals surface area contributed by atoms with Crippen LogP contribution in [0.15, 0.2) is 29.2 Å². The number of nitrogens with zero attached hydrogens (tertiary/aromatic N) is 1. The maximum Gasteiger partial charge on any atom is 0.393 e. The van der Waals surface area contributed by atoms with Gasteiger partial charge in [-0.2, -0.15) is 17.5 Å². The minimum absolute atomic E-state index is 0. The summed E-state index contributed by atoms with van der Waals surface area (Å²) >= 11 is 0. The van der Waals surface area contributed by atoms with Gasteiger partial charge in [-0.3, -0.25) is 0 Å². The lowest BCUT2D eigenvalue weighted by atomic mass is 10.1. The van der Waals surface area contributed by atoms with Crippen LogP contribution in [-0.2, 0) is 16.4 Å². The molecule has 0 aliphatic carbocycles. The molecular formula is C12H18ClF3N2O2S. The third-order valence-corrected chi connectivity index (χ3v) is 4.95. The van der Waals surface area contributed by atoms with Crippen molar-refractivity contribution in [2.24, 2.45) is 5.73 Å². The summed E-state index contributed by atoms with van der Waals surface area (Å²) in [7, 11) is -2.35. The molecule has 1 rings (SSSR count). The van der Waals surface area contributed by atoms with Crippen LogP contribution < -0.4 is 5.73 Å². The van der Waals surface area contributed by atoms with Crippen molar-refractivity contribution < 1.29 is 21.6 Å². The molecule has 0 amide bonds. The second kappa shape index (κ2) is 7.44. The highest BCUT2D eigenvalue weighted by Crippen LogP contribution is 2.23. The zero-order chi connectivity index (χ0) is 15.6. The Balaban J connectivity index is 0.00000400. The van der Waals surface area contributed by atoms with Gasteiger partial charge in [-0.15, -0.1) is 12.4 Å². The zero-order valence-corrected chi connectivity index (χ0v) is 13.2. The Morgan fingerprint density at radius 1 is 1.24 bits per heavy atom. The Morgan fingerprint density at radius 2 is 1.71 bits per heavy atom. The van der Waals surface area contributed by atoms with E-state index in [-0.39, 0.29) is 29.4 Å². The van der Waals surface area contributed by atoms with Gasteiger partial charge in [0.15, 0.2) is 0 Å². The molecule has 0 aliphatic heterocycles. The molecule has 1 unspecified atom stereocenters. The number of alkyl halides is 3. The average molecular weight is 347 g/mol. The first-order valence-electron chi connectivity index (χ1n) is 5.91. The molecule has 0 radical (unpaired) electrons. The van der Waals surface area contributed by atoms with E-state index < -0.39 is 28.7 Å². The summed E-state index contributed by atoms with van der Waals surface area (Å²) in [5.74, 6) is 0. The highest BCUT2D eigenvalue weighted by molar-refractivity contribution is 7.89. The molecule has 0 spiro atoms. The number of rotatable bonds is 5. The Kier molecular flexibility index (Phi) is 7.14. The van der Waals surface area contributed by atoms with Crippen molar-refractivity contribution in [2.75, 3.05) is 13.6 Å². The van der Waals surface area contributed by atoms with Crippen LogP contribution in [0, 0.1) is 0 Å². The maximum atomic E-state index is 12.2. The van der Waals surface area contributed by atoms with Crippen LogP contribution in [0.4, 0.5) is 13.2 Å². The van der Waals surface area contributed by atoms with Crippen molar-refractivity contribution in [1.29, 1.82) is 0 Å². The fourth-order valence-corrected chi connectivity index (χ4v) is 2.93. The van der Waals surface area contributed by atoms with Crippen molar-refractivity contribution >= 4 is 22.4 Å². The first-order chi connectivity index (χ1) is 9.08. The van der Waals surface area contributed by atoms with E-state index in [2.05, 4.69) is 0 Å². The third kappa shape index (κ3) is 5.46. The first-order valence-corrected chi connectivity index (χ1v) is 7.35. The van der Waals surface area contributed by atoms with Crippen LogP contribution in [0.25, 0.3) is 0 Å². The molecule has 0 aliphatic rings. The van der Waals surface area contributed by atoms with Gasteiger partial charge in [-0.25, -0.2) is 8.42 Å². The number of nitrogens with two attached hydrogens (primary N) is 1. The van der Waals surface area contributed by atoms with E-state index in [4.69, 9.17) is 5.73 Å². The normalized spacial score (nSPS) is 13.9. The maximum absolute atomic E-state index is 12.2. The number of hydrogen-bond donors (Lipinski definition) is 1. The van der Waals surface area contributed by atoms with Crippen molar-refractivity contribution in [3.8, 4) is 0 Å². The minimum Gasteiger partial charge on any atom is -0.329 e. The van der Waals surface area contributed by atoms with Gasteiger partial charge in [-0.05, 0) is 24.6 Å². The molecule has 0 bridgehead atoms. The van der Waals surface area contributed by atoms with Crippen LogP contribution in [0.1, 0.15) is 12.5 Å². The van der Waals surface area contributed by atoms with Gasteiger partial charge in [-0.1, -0.05) is 12.1 Å². The van der Waals surface area contributed by atoms with Crippen molar-refractivity contribution in [3.05, 3.63) is 29.8 Å². The first kappa shape index (κ1) is 20.2. The predicted octanol–water partition coefficient (Wildman–Crippen LogP) is 2.18. The Hall–Kier alpha value is -0.830. The summed E-state index contributed by atoms with van der Waals surface area (Å²) in [6.07, 6.45) is -5.40. The van der Waals surface area contributed by atoms with Crippen LogP contribution in [-0.4, -0.2) is 38.5 Å². The van der Waals surface area contributed by atoms with E-state index >= 15 is 0 Å². The van der Waals surface area contributed by atoms with E-state index in [1.54, 1.807) is 6.92 Å². The average Bonchev–Trinajstić information content (AvgIpc) is 2.35. The molecule has 2 N–H and O–H groups in total. The molecule has 0 aromatic heterocycles. The predicted molar refractivity (Wildman–Crippen MR) is 76.9 cm³/mol. The summed E-state index contributed by atoms with van der Waals surface area (Å²) in [5, 5.41) is 0. The molecule has 0 fully saturated rings. The molecular weight excluding hydrogens is 329 g/mol. The van der Waals surface area contributed by atoms with Crippen LogP contribution in [0.3, 0.4) is 0 Å². The fraction of sp³-hybridized carbons (Fsp3) is 0.500. The van der Waals surface area contributed by atoms with Crippen molar-refractivity contribution in [2.45, 2.75) is 30.5 Å². The standard InChI is InChI=1S/C12H17F3N2O2S.ClH/c1-9(8-16)17(2)20(18,19)11-5-3-10(4-6-11)7-12(13,14)15;/h3-6,9H,7-8,16H2,1-2H3;1H. The molecule has 21 heavy (non-hydrogen) atoms. The molecule has 1 atom stereocenters. The summed E-state index contributed by atoms with van der Waals surface area (Å²) < 4.78 is 62.1. The van der Waals surface area contributed by atoms with Gasteiger partial charge in [0.1, 0.15) is 0 Å². The summed E-state index contributed by atoms with van der Waals surface area (Å²) in [6, 6.07) is 4.30. The van der Waals surface area contributed by atoms with E-state index in [1.165, 1.54) is 31.3 Å². The zero-order valence-electron chi connectivity index (χ0n) is 11.6. The smallest absolute Gasteiger partial charge is 0.329 e. The third-order valence-electron chi connectivity index (χ3n) is 2.97. The fourth-order valence-electron chi connectivity index (χ4n) is 1.56. The summed E-state index contributed by atoms with van der Waals surface area (Å²) in [5.41, 5.74) is 5.43. The van der Waals surface area contributed by atoms with Gasteiger partial charge in [0.25, 0.3) is 0 Å². The molecule has 0 saturated carbocycles. The number of sulfonamides is 1. The van der Waals surface area contributed by atoms with Gasteiger partial charge in [0.2, 0.25) is 10.0 Å². The number of halogens is 4. The number of benzene rings is 1. The quantitative estimate of drug-likeness (QED) is 0.888. The van der Waals surface area contributed by atoms with Crippen LogP contribution >= 0.6 is 12.4 Å². The second-order valence-corrected chi connectivity index (χ2v) is 6.54. The lowest BCUT2D eigenvalue weighted by Crippen LogP contribution is -2.39. The molecule has 1 aromatic rings. The highest BCUT2D eigenvalue weighted by Gasteiger charge is 2.28. The number of hydrogen-bond acceptors (Lipinski definition) is 3. The van der Waals surface area contributed by atoms with Crippen LogP contribution in [0.2, 0.25) is 0 Å². The van der Waals surface area contributed by atoms with E-state index in [0.717, 1.165) is 4.31 Å². The lowest BCUT2D eigenvalue weighted by molar-refractivity contribution is -0.127. The summed E-state index contributed by atoms with van der Waals surface area (Å²) in [6.45, 7) is 1.80. The summed E-state index contributed by atoms with van der Waals surface area (Å²) in [4.78, 5) is -0.0498. The minimum atomic E-state index is -4.31. The van der Waals surface area contributed by atoms with E-state index in [1.807, 2.05) is 0 Å². The Morgan fingerprint density at radius 3 is 2.10 bits per heavy atom. The van der Waals surface area contributed by atoms with Gasteiger partial charge >= 0.3 is 6.18 Å². The molecule has 122 valence electrons. The lowest BCUT2D eigenvalue weighted by Gasteiger charge is -2.23. The van der Waals surface area contributed by atoms with Gasteiger partial charge < -0.3 is 5.73 Å². The SMILES string of the molecule is CC(CN)N(C)S(=O)(=O)c1ccc(CC(F)(F)F)cc1.Cl.